The molecular formula is C18H26N4O4. The number of carboxylic acids is 1. The summed E-state index contributed by atoms with van der Waals surface area (Å²) in [5, 5.41) is 17.7. The molecule has 2 rings (SSSR count). The van der Waals surface area contributed by atoms with Crippen molar-refractivity contribution in [2.45, 2.75) is 43.8 Å². The molecule has 1 fully saturated rings. The van der Waals surface area contributed by atoms with Gasteiger partial charge in [-0.05, 0) is 44.4 Å². The molecule has 1 heterocycles. The molecule has 1 aliphatic heterocycles. The molecule has 0 bridgehead atoms. The van der Waals surface area contributed by atoms with Crippen LogP contribution in [0.15, 0.2) is 30.3 Å². The Morgan fingerprint density at radius 1 is 1.23 bits per heavy atom. The first-order valence-electron chi connectivity index (χ1n) is 8.83. The van der Waals surface area contributed by atoms with Crippen LogP contribution in [0.2, 0.25) is 0 Å². The van der Waals surface area contributed by atoms with Gasteiger partial charge in [0.25, 0.3) is 5.91 Å². The number of aliphatic carboxylic acids is 1. The summed E-state index contributed by atoms with van der Waals surface area (Å²) in [6.45, 7) is 0.953. The van der Waals surface area contributed by atoms with E-state index in [2.05, 4.69) is 16.0 Å². The molecule has 0 aromatic heterocycles. The zero-order valence-electron chi connectivity index (χ0n) is 14.6. The summed E-state index contributed by atoms with van der Waals surface area (Å²) in [6.07, 6.45) is 2.12. The van der Waals surface area contributed by atoms with E-state index in [9.17, 15) is 19.5 Å². The van der Waals surface area contributed by atoms with Crippen molar-refractivity contribution in [1.29, 1.82) is 0 Å². The third-order valence-corrected chi connectivity index (χ3v) is 4.38. The van der Waals surface area contributed by atoms with Gasteiger partial charge < -0.3 is 26.8 Å². The number of amides is 2. The van der Waals surface area contributed by atoms with Gasteiger partial charge >= 0.3 is 5.97 Å². The highest BCUT2D eigenvalue weighted by atomic mass is 16.4. The fourth-order valence-electron chi connectivity index (χ4n) is 2.93. The number of carboxylic acid groups (broad SMARTS) is 1. The summed E-state index contributed by atoms with van der Waals surface area (Å²) in [5.74, 6) is -1.60. The molecule has 1 saturated heterocycles. The Balaban J connectivity index is 1.82. The molecule has 2 amide bonds. The lowest BCUT2D eigenvalue weighted by Crippen LogP contribution is -2.48. The number of benzene rings is 1. The Hall–Kier alpha value is -2.45. The number of nitrogens with one attached hydrogen (secondary N) is 3. The molecule has 0 saturated carbocycles. The van der Waals surface area contributed by atoms with Gasteiger partial charge in [-0.3, -0.25) is 9.59 Å². The topological polar surface area (TPSA) is 134 Å². The Morgan fingerprint density at radius 3 is 2.62 bits per heavy atom. The number of unbranched alkanes of at least 4 members (excludes halogenated alkanes) is 1. The highest BCUT2D eigenvalue weighted by molar-refractivity contribution is 5.94. The van der Waals surface area contributed by atoms with Gasteiger partial charge in [0, 0.05) is 18.2 Å². The smallest absolute Gasteiger partial charge is 0.326 e. The van der Waals surface area contributed by atoms with Crippen LogP contribution in [0.25, 0.3) is 0 Å². The van der Waals surface area contributed by atoms with E-state index in [1.807, 2.05) is 6.07 Å². The predicted molar refractivity (Wildman–Crippen MR) is 96.6 cm³/mol. The second-order valence-electron chi connectivity index (χ2n) is 6.42. The number of hydrogen-bond donors (Lipinski definition) is 5. The monoisotopic (exact) mass is 362 g/mol. The maximum absolute atomic E-state index is 12.3. The molecular weight excluding hydrogens is 336 g/mol. The number of hydrogen-bond acceptors (Lipinski definition) is 5. The summed E-state index contributed by atoms with van der Waals surface area (Å²) in [7, 11) is 0. The summed E-state index contributed by atoms with van der Waals surface area (Å²) < 4.78 is 0. The van der Waals surface area contributed by atoms with Crippen molar-refractivity contribution in [1.82, 2.24) is 16.0 Å². The Bertz CT molecular complexity index is 623. The molecule has 3 unspecified atom stereocenters. The van der Waals surface area contributed by atoms with Gasteiger partial charge in [-0.1, -0.05) is 18.2 Å². The molecule has 0 radical (unpaired) electrons. The predicted octanol–water partition coefficient (Wildman–Crippen LogP) is -0.155. The average molecular weight is 362 g/mol. The van der Waals surface area contributed by atoms with Crippen molar-refractivity contribution in [2.24, 2.45) is 5.73 Å². The van der Waals surface area contributed by atoms with Gasteiger partial charge in [-0.2, -0.15) is 0 Å². The van der Waals surface area contributed by atoms with Crippen molar-refractivity contribution in [2.75, 3.05) is 13.1 Å². The normalized spacial score (nSPS) is 20.3. The molecule has 8 heteroatoms. The van der Waals surface area contributed by atoms with Crippen LogP contribution in [0.1, 0.15) is 36.0 Å². The van der Waals surface area contributed by atoms with Crippen LogP contribution in [0.5, 0.6) is 0 Å². The van der Waals surface area contributed by atoms with Crippen LogP contribution in [-0.4, -0.2) is 54.1 Å². The maximum atomic E-state index is 12.3. The summed E-state index contributed by atoms with van der Waals surface area (Å²) in [5.41, 5.74) is 5.97. The van der Waals surface area contributed by atoms with Crippen LogP contribution < -0.4 is 21.7 Å². The van der Waals surface area contributed by atoms with E-state index < -0.39 is 18.1 Å². The SMILES string of the molecule is NCCCCC(NC(=O)C1CC(NC(=O)c2ccccc2)CN1)C(=O)O. The third-order valence-electron chi connectivity index (χ3n) is 4.38. The Morgan fingerprint density at radius 2 is 1.96 bits per heavy atom. The highest BCUT2D eigenvalue weighted by Gasteiger charge is 2.32. The Kier molecular flexibility index (Phi) is 7.55. The molecule has 0 spiro atoms. The van der Waals surface area contributed by atoms with E-state index in [4.69, 9.17) is 5.73 Å². The molecule has 3 atom stereocenters. The van der Waals surface area contributed by atoms with Gasteiger partial charge in [-0.15, -0.1) is 0 Å². The minimum Gasteiger partial charge on any atom is -0.480 e. The highest BCUT2D eigenvalue weighted by Crippen LogP contribution is 2.10. The van der Waals surface area contributed by atoms with Crippen LogP contribution >= 0.6 is 0 Å². The lowest BCUT2D eigenvalue weighted by molar-refractivity contribution is -0.142. The molecule has 26 heavy (non-hydrogen) atoms. The number of nitrogens with two attached hydrogens (primary N) is 1. The summed E-state index contributed by atoms with van der Waals surface area (Å²) >= 11 is 0. The van der Waals surface area contributed by atoms with Crippen molar-refractivity contribution in [3.05, 3.63) is 35.9 Å². The lowest BCUT2D eigenvalue weighted by Gasteiger charge is -2.17. The number of carbonyl (C=O) groups excluding carboxylic acids is 2. The quantitative estimate of drug-likeness (QED) is 0.388. The summed E-state index contributed by atoms with van der Waals surface area (Å²) in [4.78, 5) is 35.8. The first-order valence-corrected chi connectivity index (χ1v) is 8.83. The van der Waals surface area contributed by atoms with Crippen LogP contribution in [0.3, 0.4) is 0 Å². The van der Waals surface area contributed by atoms with Crippen LogP contribution in [0.4, 0.5) is 0 Å². The van der Waals surface area contributed by atoms with E-state index >= 15 is 0 Å². The van der Waals surface area contributed by atoms with Crippen LogP contribution in [-0.2, 0) is 9.59 Å². The average Bonchev–Trinajstić information content (AvgIpc) is 3.10. The van der Waals surface area contributed by atoms with E-state index in [1.54, 1.807) is 24.3 Å². The number of rotatable bonds is 9. The second kappa shape index (κ2) is 9.88. The first-order chi connectivity index (χ1) is 12.5. The van der Waals surface area contributed by atoms with Crippen molar-refractivity contribution < 1.29 is 19.5 Å². The standard InChI is InChI=1S/C18H26N4O4/c19-9-5-4-8-14(18(25)26)22-17(24)15-10-13(11-20-15)21-16(23)12-6-2-1-3-7-12/h1-3,6-7,13-15,20H,4-5,8-11,19H2,(H,21,23)(H,22,24)(H,25,26). The molecule has 6 N–H and O–H groups in total. The van der Waals surface area contributed by atoms with Crippen LogP contribution in [0, 0.1) is 0 Å². The van der Waals surface area contributed by atoms with Crippen molar-refractivity contribution >= 4 is 17.8 Å². The second-order valence-corrected chi connectivity index (χ2v) is 6.42. The van der Waals surface area contributed by atoms with Crippen molar-refractivity contribution in [3.63, 3.8) is 0 Å². The first kappa shape index (κ1) is 19.9. The fraction of sp³-hybridized carbons (Fsp3) is 0.500. The summed E-state index contributed by atoms with van der Waals surface area (Å²) in [6, 6.07) is 7.23. The minimum absolute atomic E-state index is 0.182. The maximum Gasteiger partial charge on any atom is 0.326 e. The van der Waals surface area contributed by atoms with Gasteiger partial charge in [0.2, 0.25) is 5.91 Å². The van der Waals surface area contributed by atoms with E-state index in [0.717, 1.165) is 6.42 Å². The number of carbonyl (C=O) groups is 3. The zero-order valence-corrected chi connectivity index (χ0v) is 14.6. The molecule has 142 valence electrons. The zero-order chi connectivity index (χ0) is 18.9. The fourth-order valence-corrected chi connectivity index (χ4v) is 2.93. The molecule has 1 aliphatic rings. The van der Waals surface area contributed by atoms with Gasteiger partial charge in [0.1, 0.15) is 6.04 Å². The van der Waals surface area contributed by atoms with Crippen molar-refractivity contribution in [3.8, 4) is 0 Å². The van der Waals surface area contributed by atoms with E-state index in [1.165, 1.54) is 0 Å². The van der Waals surface area contributed by atoms with Gasteiger partial charge in [0.15, 0.2) is 0 Å². The minimum atomic E-state index is -1.05. The Labute approximate surface area is 152 Å². The molecule has 1 aromatic carbocycles. The largest absolute Gasteiger partial charge is 0.480 e. The molecule has 0 aliphatic carbocycles. The molecule has 8 nitrogen and oxygen atoms in total. The van der Waals surface area contributed by atoms with E-state index in [0.29, 0.717) is 37.9 Å². The third kappa shape index (κ3) is 5.82. The van der Waals surface area contributed by atoms with E-state index in [-0.39, 0.29) is 17.9 Å². The molecule has 1 aromatic rings. The van der Waals surface area contributed by atoms with Gasteiger partial charge in [-0.25, -0.2) is 4.79 Å². The van der Waals surface area contributed by atoms with Gasteiger partial charge in [0.05, 0.1) is 6.04 Å². The lowest BCUT2D eigenvalue weighted by atomic mass is 10.1.